The van der Waals surface area contributed by atoms with Crippen molar-refractivity contribution in [2.45, 2.75) is 44.9 Å². The summed E-state index contributed by atoms with van der Waals surface area (Å²) in [5.74, 6) is -0.262. The van der Waals surface area contributed by atoms with E-state index in [1.807, 2.05) is 0 Å². The van der Waals surface area contributed by atoms with Crippen LogP contribution in [0.2, 0.25) is 0 Å². The van der Waals surface area contributed by atoms with Crippen molar-refractivity contribution >= 4 is 16.8 Å². The average molecular weight is 489 g/mol. The van der Waals surface area contributed by atoms with Gasteiger partial charge in [-0.15, -0.1) is 0 Å². The second-order valence-electron chi connectivity index (χ2n) is 9.93. The summed E-state index contributed by atoms with van der Waals surface area (Å²) >= 11 is 0. The van der Waals surface area contributed by atoms with E-state index in [9.17, 15) is 18.0 Å². The molecule has 3 heterocycles. The predicted octanol–water partition coefficient (Wildman–Crippen LogP) is 4.39. The lowest BCUT2D eigenvalue weighted by atomic mass is 9.88. The highest BCUT2D eigenvalue weighted by molar-refractivity contribution is 5.85. The third kappa shape index (κ3) is 5.27. The Morgan fingerprint density at radius 3 is 2.74 bits per heavy atom. The van der Waals surface area contributed by atoms with Crippen LogP contribution in [0.25, 0.3) is 10.9 Å². The van der Waals surface area contributed by atoms with E-state index in [1.54, 1.807) is 6.92 Å². The van der Waals surface area contributed by atoms with Crippen LogP contribution >= 0.6 is 0 Å². The third-order valence-electron chi connectivity index (χ3n) is 6.64. The summed E-state index contributed by atoms with van der Waals surface area (Å²) in [6, 6.07) is 8.06. The van der Waals surface area contributed by atoms with Gasteiger partial charge in [-0.1, -0.05) is 19.1 Å². The van der Waals surface area contributed by atoms with Crippen LogP contribution in [0.15, 0.2) is 42.9 Å². The first-order chi connectivity index (χ1) is 16.6. The zero-order chi connectivity index (χ0) is 24.8. The zero-order valence-corrected chi connectivity index (χ0v) is 19.5. The number of hydrogen-bond donors (Lipinski definition) is 1. The maximum atomic E-state index is 12.8. The van der Waals surface area contributed by atoms with E-state index in [0.717, 1.165) is 43.5 Å². The number of carbonyl (C=O) groups is 1. The monoisotopic (exact) mass is 488 g/mol. The molecule has 1 amide bonds. The van der Waals surface area contributed by atoms with E-state index in [1.165, 1.54) is 11.6 Å². The van der Waals surface area contributed by atoms with Gasteiger partial charge in [0.2, 0.25) is 11.8 Å². The SMILES string of the molecule is C[C@@H](NC(=O)C1CC1c1ccc2ccn(CC3(C)COC3)c2c1)c1cnc(OCC(F)(F)F)cn1. The van der Waals surface area contributed by atoms with Gasteiger partial charge in [0.25, 0.3) is 0 Å². The summed E-state index contributed by atoms with van der Waals surface area (Å²) in [6.45, 7) is 4.99. The quantitative estimate of drug-likeness (QED) is 0.509. The summed E-state index contributed by atoms with van der Waals surface area (Å²) in [6.07, 6.45) is 0.879. The van der Waals surface area contributed by atoms with Crippen LogP contribution in [0.4, 0.5) is 13.2 Å². The Bertz CT molecular complexity index is 1220. The van der Waals surface area contributed by atoms with Crippen molar-refractivity contribution in [1.29, 1.82) is 0 Å². The fourth-order valence-electron chi connectivity index (χ4n) is 4.55. The molecule has 2 fully saturated rings. The number of nitrogens with zero attached hydrogens (tertiary/aromatic N) is 3. The molecule has 1 aliphatic heterocycles. The first kappa shape index (κ1) is 23.6. The van der Waals surface area contributed by atoms with Crippen molar-refractivity contribution in [3.63, 3.8) is 0 Å². The molecule has 7 nitrogen and oxygen atoms in total. The van der Waals surface area contributed by atoms with Crippen LogP contribution in [-0.2, 0) is 16.1 Å². The van der Waals surface area contributed by atoms with Crippen molar-refractivity contribution < 1.29 is 27.4 Å². The fraction of sp³-hybridized carbons (Fsp3) is 0.480. The Morgan fingerprint density at radius 2 is 2.09 bits per heavy atom. The van der Waals surface area contributed by atoms with E-state index < -0.39 is 18.8 Å². The third-order valence-corrected chi connectivity index (χ3v) is 6.64. The standard InChI is InChI=1S/C25H27F3N4O3/c1-15(20-9-30-22(10-29-20)35-14-25(26,27)28)31-23(33)19-8-18(19)17-4-3-16-5-6-32(21(16)7-17)11-24(2)12-34-13-24/h3-7,9-10,15,18-19H,8,11-14H2,1-2H3,(H,31,33)/t15-,18?,19?/m1/s1. The number of carbonyl (C=O) groups excluding carboxylic acids is 1. The topological polar surface area (TPSA) is 78.3 Å². The Morgan fingerprint density at radius 1 is 1.29 bits per heavy atom. The highest BCUT2D eigenvalue weighted by atomic mass is 19.4. The molecule has 5 rings (SSSR count). The second kappa shape index (κ2) is 8.82. The smallest absolute Gasteiger partial charge is 0.422 e. The minimum Gasteiger partial charge on any atom is -0.467 e. The van der Waals surface area contributed by atoms with Gasteiger partial charge in [0, 0.05) is 29.6 Å². The normalized spacial score (nSPS) is 21.9. The largest absolute Gasteiger partial charge is 0.467 e. The van der Waals surface area contributed by atoms with E-state index in [0.29, 0.717) is 5.69 Å². The molecule has 35 heavy (non-hydrogen) atoms. The fourth-order valence-corrected chi connectivity index (χ4v) is 4.55. The molecule has 2 aromatic heterocycles. The van der Waals surface area contributed by atoms with Gasteiger partial charge in [-0.3, -0.25) is 9.78 Å². The summed E-state index contributed by atoms with van der Waals surface area (Å²) in [5, 5.41) is 4.12. The molecule has 10 heteroatoms. The number of benzene rings is 1. The highest BCUT2D eigenvalue weighted by Crippen LogP contribution is 2.48. The summed E-state index contributed by atoms with van der Waals surface area (Å²) in [4.78, 5) is 20.8. The van der Waals surface area contributed by atoms with Crippen LogP contribution in [-0.4, -0.2) is 46.4 Å². The van der Waals surface area contributed by atoms with Gasteiger partial charge in [0.1, 0.15) is 0 Å². The number of alkyl halides is 3. The van der Waals surface area contributed by atoms with Crippen molar-refractivity contribution in [1.82, 2.24) is 19.9 Å². The molecule has 186 valence electrons. The lowest BCUT2D eigenvalue weighted by Gasteiger charge is -2.38. The molecular weight excluding hydrogens is 461 g/mol. The molecule has 1 N–H and O–H groups in total. The maximum Gasteiger partial charge on any atom is 0.422 e. The number of nitrogens with one attached hydrogen (secondary N) is 1. The summed E-state index contributed by atoms with van der Waals surface area (Å²) in [7, 11) is 0. The van der Waals surface area contributed by atoms with Crippen LogP contribution in [0.3, 0.4) is 0 Å². The van der Waals surface area contributed by atoms with Gasteiger partial charge in [-0.05, 0) is 42.3 Å². The number of aromatic nitrogens is 3. The molecule has 3 atom stereocenters. The minimum absolute atomic E-state index is 0.0729. The van der Waals surface area contributed by atoms with Crippen LogP contribution in [0, 0.1) is 11.3 Å². The number of halogens is 3. The lowest BCUT2D eigenvalue weighted by molar-refractivity contribution is -0.154. The van der Waals surface area contributed by atoms with Crippen molar-refractivity contribution in [3.8, 4) is 5.88 Å². The molecule has 0 radical (unpaired) electrons. The van der Waals surface area contributed by atoms with Crippen LogP contribution < -0.4 is 10.1 Å². The molecule has 0 spiro atoms. The molecule has 2 aliphatic rings. The number of hydrogen-bond acceptors (Lipinski definition) is 5. The number of rotatable bonds is 8. The minimum atomic E-state index is -4.44. The molecule has 2 unspecified atom stereocenters. The Labute approximate surface area is 200 Å². The number of amides is 1. The maximum absolute atomic E-state index is 12.8. The predicted molar refractivity (Wildman–Crippen MR) is 122 cm³/mol. The van der Waals surface area contributed by atoms with Crippen molar-refractivity contribution in [2.24, 2.45) is 11.3 Å². The van der Waals surface area contributed by atoms with E-state index >= 15 is 0 Å². The Kier molecular flexibility index (Phi) is 5.94. The zero-order valence-electron chi connectivity index (χ0n) is 19.5. The molecule has 3 aromatic rings. The van der Waals surface area contributed by atoms with Crippen molar-refractivity contribution in [3.05, 3.63) is 54.1 Å². The van der Waals surface area contributed by atoms with Crippen molar-refractivity contribution in [2.75, 3.05) is 19.8 Å². The molecule has 1 aliphatic carbocycles. The second-order valence-corrected chi connectivity index (χ2v) is 9.93. The van der Waals surface area contributed by atoms with Gasteiger partial charge >= 0.3 is 6.18 Å². The molecule has 1 saturated carbocycles. The summed E-state index contributed by atoms with van der Waals surface area (Å²) in [5.41, 5.74) is 2.91. The number of fused-ring (bicyclic) bond motifs is 1. The van der Waals surface area contributed by atoms with Gasteiger partial charge < -0.3 is 19.4 Å². The summed E-state index contributed by atoms with van der Waals surface area (Å²) < 4.78 is 49.0. The van der Waals surface area contributed by atoms with Gasteiger partial charge in [-0.2, -0.15) is 13.2 Å². The van der Waals surface area contributed by atoms with E-state index in [-0.39, 0.29) is 29.0 Å². The lowest BCUT2D eigenvalue weighted by Crippen LogP contribution is -2.42. The first-order valence-electron chi connectivity index (χ1n) is 11.6. The van der Waals surface area contributed by atoms with E-state index in [2.05, 4.69) is 62.0 Å². The number of ether oxygens (including phenoxy) is 2. The van der Waals surface area contributed by atoms with Gasteiger partial charge in [-0.25, -0.2) is 4.98 Å². The molecule has 1 saturated heterocycles. The molecular formula is C25H27F3N4O3. The van der Waals surface area contributed by atoms with Gasteiger partial charge in [0.05, 0.1) is 37.3 Å². The van der Waals surface area contributed by atoms with E-state index in [4.69, 9.17) is 4.74 Å². The first-order valence-corrected chi connectivity index (χ1v) is 11.6. The Hall–Kier alpha value is -3.14. The Balaban J connectivity index is 1.19. The van der Waals surface area contributed by atoms with Gasteiger partial charge in [0.15, 0.2) is 6.61 Å². The highest BCUT2D eigenvalue weighted by Gasteiger charge is 2.44. The van der Waals surface area contributed by atoms with Crippen LogP contribution in [0.5, 0.6) is 5.88 Å². The van der Waals surface area contributed by atoms with Crippen LogP contribution in [0.1, 0.15) is 43.5 Å². The average Bonchev–Trinajstić information content (AvgIpc) is 3.52. The molecule has 0 bridgehead atoms. The molecule has 1 aromatic carbocycles.